The maximum atomic E-state index is 5.32. The molecule has 0 heterocycles. The van der Waals surface area contributed by atoms with Gasteiger partial charge in [-0.15, -0.1) is 0 Å². The van der Waals surface area contributed by atoms with Crippen molar-refractivity contribution in [2.45, 2.75) is 12.8 Å². The van der Waals surface area contributed by atoms with Crippen LogP contribution in [0.4, 0.5) is 0 Å². The summed E-state index contributed by atoms with van der Waals surface area (Å²) in [6, 6.07) is 14.2. The third-order valence-corrected chi connectivity index (χ3v) is 3.31. The number of rotatable bonds is 6. The fourth-order valence-corrected chi connectivity index (χ4v) is 2.12. The maximum absolute atomic E-state index is 5.32. The van der Waals surface area contributed by atoms with Gasteiger partial charge >= 0.3 is 0 Å². The first-order valence-corrected chi connectivity index (χ1v) is 6.60. The Morgan fingerprint density at radius 1 is 0.650 bits per heavy atom. The molecular formula is C17H20O3. The second-order valence-electron chi connectivity index (χ2n) is 4.54. The summed E-state index contributed by atoms with van der Waals surface area (Å²) in [6.07, 6.45) is 1.95. The minimum Gasteiger partial charge on any atom is -0.497 e. The van der Waals surface area contributed by atoms with Gasteiger partial charge in [0.25, 0.3) is 0 Å². The number of hydrogen-bond acceptors (Lipinski definition) is 3. The molecule has 3 nitrogen and oxygen atoms in total. The Kier molecular flexibility index (Phi) is 4.88. The van der Waals surface area contributed by atoms with Crippen LogP contribution < -0.4 is 14.2 Å². The molecule has 0 spiro atoms. The lowest BCUT2D eigenvalue weighted by Gasteiger charge is -2.09. The van der Waals surface area contributed by atoms with Crippen molar-refractivity contribution in [1.29, 1.82) is 0 Å². The molecule has 0 atom stereocenters. The van der Waals surface area contributed by atoms with Crippen LogP contribution >= 0.6 is 0 Å². The Hall–Kier alpha value is -2.16. The zero-order valence-corrected chi connectivity index (χ0v) is 12.2. The van der Waals surface area contributed by atoms with Gasteiger partial charge in [0.15, 0.2) is 11.5 Å². The molecule has 0 amide bonds. The van der Waals surface area contributed by atoms with Crippen LogP contribution in [-0.2, 0) is 12.8 Å². The van der Waals surface area contributed by atoms with Gasteiger partial charge in [0.2, 0.25) is 0 Å². The molecule has 0 fully saturated rings. The fraction of sp³-hybridized carbons (Fsp3) is 0.294. The van der Waals surface area contributed by atoms with E-state index in [4.69, 9.17) is 14.2 Å². The topological polar surface area (TPSA) is 27.7 Å². The van der Waals surface area contributed by atoms with E-state index < -0.39 is 0 Å². The monoisotopic (exact) mass is 272 g/mol. The summed E-state index contributed by atoms with van der Waals surface area (Å²) in [7, 11) is 4.98. The van der Waals surface area contributed by atoms with Crippen LogP contribution in [-0.4, -0.2) is 21.3 Å². The Morgan fingerprint density at radius 2 is 1.25 bits per heavy atom. The lowest BCUT2D eigenvalue weighted by atomic mass is 10.0. The second kappa shape index (κ2) is 6.85. The van der Waals surface area contributed by atoms with Gasteiger partial charge in [0, 0.05) is 0 Å². The first kappa shape index (κ1) is 14.3. The molecule has 0 saturated heterocycles. The highest BCUT2D eigenvalue weighted by Gasteiger charge is 2.04. The number of hydrogen-bond donors (Lipinski definition) is 0. The number of aryl methyl sites for hydroxylation is 2. The van der Waals surface area contributed by atoms with Gasteiger partial charge in [-0.25, -0.2) is 0 Å². The van der Waals surface area contributed by atoms with Gasteiger partial charge in [-0.2, -0.15) is 0 Å². The van der Waals surface area contributed by atoms with Gasteiger partial charge in [0.05, 0.1) is 21.3 Å². The van der Waals surface area contributed by atoms with E-state index in [-0.39, 0.29) is 0 Å². The van der Waals surface area contributed by atoms with Crippen LogP contribution in [0.2, 0.25) is 0 Å². The van der Waals surface area contributed by atoms with E-state index >= 15 is 0 Å². The summed E-state index contributed by atoms with van der Waals surface area (Å²) in [4.78, 5) is 0. The van der Waals surface area contributed by atoms with Crippen molar-refractivity contribution in [1.82, 2.24) is 0 Å². The van der Waals surface area contributed by atoms with Gasteiger partial charge in [-0.3, -0.25) is 0 Å². The minimum absolute atomic E-state index is 0.765. The Bertz CT molecular complexity index is 547. The normalized spacial score (nSPS) is 10.2. The van der Waals surface area contributed by atoms with E-state index in [1.54, 1.807) is 21.3 Å². The zero-order chi connectivity index (χ0) is 14.4. The Morgan fingerprint density at radius 3 is 1.85 bits per heavy atom. The van der Waals surface area contributed by atoms with Crippen LogP contribution in [0.15, 0.2) is 42.5 Å². The van der Waals surface area contributed by atoms with Gasteiger partial charge in [-0.05, 0) is 48.2 Å². The molecule has 0 unspecified atom stereocenters. The van der Waals surface area contributed by atoms with Crippen LogP contribution in [0.25, 0.3) is 0 Å². The average Bonchev–Trinajstić information content (AvgIpc) is 2.53. The van der Waals surface area contributed by atoms with E-state index in [1.807, 2.05) is 24.3 Å². The molecule has 0 saturated carbocycles. The minimum atomic E-state index is 0.765. The van der Waals surface area contributed by atoms with E-state index in [0.717, 1.165) is 30.1 Å². The molecule has 2 rings (SSSR count). The summed E-state index contributed by atoms with van der Waals surface area (Å²) in [5, 5.41) is 0. The molecule has 0 aliphatic rings. The third-order valence-electron chi connectivity index (χ3n) is 3.31. The van der Waals surface area contributed by atoms with Gasteiger partial charge in [-0.1, -0.05) is 18.2 Å². The highest BCUT2D eigenvalue weighted by Crippen LogP contribution is 2.28. The van der Waals surface area contributed by atoms with Crippen molar-refractivity contribution < 1.29 is 14.2 Å². The Balaban J connectivity index is 2.02. The second-order valence-corrected chi connectivity index (χ2v) is 4.54. The quantitative estimate of drug-likeness (QED) is 0.805. The summed E-state index contributed by atoms with van der Waals surface area (Å²) >= 11 is 0. The molecule has 0 bridgehead atoms. The molecule has 0 aliphatic heterocycles. The first-order chi connectivity index (χ1) is 9.76. The largest absolute Gasteiger partial charge is 0.497 e. The van der Waals surface area contributed by atoms with Crippen molar-refractivity contribution in [3.05, 3.63) is 53.6 Å². The average molecular weight is 272 g/mol. The van der Waals surface area contributed by atoms with Crippen LogP contribution in [0.1, 0.15) is 11.1 Å². The molecule has 20 heavy (non-hydrogen) atoms. The molecule has 2 aromatic carbocycles. The zero-order valence-electron chi connectivity index (χ0n) is 12.2. The fourth-order valence-electron chi connectivity index (χ4n) is 2.12. The predicted octanol–water partition coefficient (Wildman–Crippen LogP) is 3.50. The molecule has 3 heteroatoms. The summed E-state index contributed by atoms with van der Waals surface area (Å²) < 4.78 is 15.7. The lowest BCUT2D eigenvalue weighted by molar-refractivity contribution is 0.354. The summed E-state index contributed by atoms with van der Waals surface area (Å²) in [5.74, 6) is 2.43. The van der Waals surface area contributed by atoms with Crippen molar-refractivity contribution >= 4 is 0 Å². The van der Waals surface area contributed by atoms with E-state index in [1.165, 1.54) is 11.1 Å². The Labute approximate surface area is 120 Å². The van der Waals surface area contributed by atoms with Crippen molar-refractivity contribution in [2.24, 2.45) is 0 Å². The molecule has 0 radical (unpaired) electrons. The number of ether oxygens (including phenoxy) is 3. The highest BCUT2D eigenvalue weighted by atomic mass is 16.5. The van der Waals surface area contributed by atoms with E-state index in [0.29, 0.717) is 0 Å². The first-order valence-electron chi connectivity index (χ1n) is 6.60. The van der Waals surface area contributed by atoms with Crippen molar-refractivity contribution in [3.63, 3.8) is 0 Å². The van der Waals surface area contributed by atoms with Crippen LogP contribution in [0.5, 0.6) is 17.2 Å². The van der Waals surface area contributed by atoms with E-state index in [9.17, 15) is 0 Å². The molecule has 106 valence electrons. The van der Waals surface area contributed by atoms with Crippen molar-refractivity contribution in [3.8, 4) is 17.2 Å². The molecular weight excluding hydrogens is 252 g/mol. The molecule has 2 aromatic rings. The lowest BCUT2D eigenvalue weighted by Crippen LogP contribution is -1.95. The number of benzene rings is 2. The van der Waals surface area contributed by atoms with Crippen molar-refractivity contribution in [2.75, 3.05) is 21.3 Å². The standard InChI is InChI=1S/C17H20O3/c1-18-15-9-6-13(7-10-15)4-5-14-8-11-16(19-2)17(12-14)20-3/h6-12H,4-5H2,1-3H3. The number of methoxy groups -OCH3 is 3. The maximum Gasteiger partial charge on any atom is 0.160 e. The van der Waals surface area contributed by atoms with Crippen LogP contribution in [0.3, 0.4) is 0 Å². The summed E-state index contributed by atoms with van der Waals surface area (Å²) in [6.45, 7) is 0. The predicted molar refractivity (Wildman–Crippen MR) is 79.9 cm³/mol. The van der Waals surface area contributed by atoms with Gasteiger partial charge < -0.3 is 14.2 Å². The highest BCUT2D eigenvalue weighted by molar-refractivity contribution is 5.43. The molecule has 0 aromatic heterocycles. The molecule has 0 N–H and O–H groups in total. The smallest absolute Gasteiger partial charge is 0.160 e. The van der Waals surface area contributed by atoms with Gasteiger partial charge in [0.1, 0.15) is 5.75 Å². The summed E-state index contributed by atoms with van der Waals surface area (Å²) in [5.41, 5.74) is 2.53. The molecule has 0 aliphatic carbocycles. The van der Waals surface area contributed by atoms with E-state index in [2.05, 4.69) is 18.2 Å². The third kappa shape index (κ3) is 3.44. The van der Waals surface area contributed by atoms with Crippen LogP contribution in [0, 0.1) is 0 Å². The SMILES string of the molecule is COc1ccc(CCc2ccc(OC)c(OC)c2)cc1.